The van der Waals surface area contributed by atoms with Crippen LogP contribution >= 0.6 is 11.6 Å². The lowest BCUT2D eigenvalue weighted by atomic mass is 9.88. The maximum Gasteiger partial charge on any atom is 0.364 e. The lowest BCUT2D eigenvalue weighted by molar-refractivity contribution is -0.314. The van der Waals surface area contributed by atoms with Crippen LogP contribution in [-0.4, -0.2) is 121 Å². The van der Waals surface area contributed by atoms with Gasteiger partial charge in [0.1, 0.15) is 18.8 Å². The SMILES string of the molecule is C#CCOCCOCCOCCC(=O)N[C@H]1[C@H]([C@H](O)[C@H](O)CNC(=O)Cc2ccc(Cl)cc2)O[C@@](OCc2ccccc2)(C(=O)O)C[C@@H]1O. The van der Waals surface area contributed by atoms with Crippen LogP contribution in [0.4, 0.5) is 0 Å². The zero-order valence-corrected chi connectivity index (χ0v) is 27.6. The lowest BCUT2D eigenvalue weighted by Crippen LogP contribution is -2.68. The first-order valence-corrected chi connectivity index (χ1v) is 16.0. The molecule has 1 fully saturated rings. The third-order valence-corrected chi connectivity index (χ3v) is 7.71. The van der Waals surface area contributed by atoms with Gasteiger partial charge < -0.3 is 54.7 Å². The van der Waals surface area contributed by atoms with E-state index in [0.717, 1.165) is 0 Å². The van der Waals surface area contributed by atoms with Crippen LogP contribution < -0.4 is 10.6 Å². The largest absolute Gasteiger partial charge is 0.477 e. The molecule has 0 spiro atoms. The van der Waals surface area contributed by atoms with Crippen molar-refractivity contribution in [2.45, 2.75) is 62.1 Å². The molecule has 0 aromatic heterocycles. The van der Waals surface area contributed by atoms with Crippen molar-refractivity contribution < 1.29 is 58.5 Å². The van der Waals surface area contributed by atoms with Gasteiger partial charge in [-0.05, 0) is 23.3 Å². The predicted molar refractivity (Wildman–Crippen MR) is 175 cm³/mol. The number of rotatable bonds is 21. The number of halogens is 1. The number of hydrogen-bond acceptors (Lipinski definition) is 11. The molecule has 0 saturated carbocycles. The van der Waals surface area contributed by atoms with Crippen LogP contribution in [0, 0.1) is 12.3 Å². The molecular weight excluding hydrogens is 664 g/mol. The van der Waals surface area contributed by atoms with Gasteiger partial charge in [0.15, 0.2) is 0 Å². The van der Waals surface area contributed by atoms with Crippen molar-refractivity contribution in [3.63, 3.8) is 0 Å². The second-order valence-corrected chi connectivity index (χ2v) is 11.6. The molecule has 0 radical (unpaired) electrons. The van der Waals surface area contributed by atoms with Crippen molar-refractivity contribution in [3.8, 4) is 12.3 Å². The van der Waals surface area contributed by atoms with E-state index in [4.69, 9.17) is 41.7 Å². The third kappa shape index (κ3) is 13.3. The van der Waals surface area contributed by atoms with E-state index in [-0.39, 0.29) is 45.9 Å². The minimum absolute atomic E-state index is 0.0127. The number of terminal acetylenes is 1. The van der Waals surface area contributed by atoms with Gasteiger partial charge in [0.05, 0.1) is 64.3 Å². The summed E-state index contributed by atoms with van der Waals surface area (Å²) in [6.45, 7) is 0.583. The first-order chi connectivity index (χ1) is 23.5. The molecule has 6 N–H and O–H groups in total. The van der Waals surface area contributed by atoms with E-state index in [0.29, 0.717) is 29.4 Å². The zero-order valence-electron chi connectivity index (χ0n) is 26.9. The van der Waals surface area contributed by atoms with Gasteiger partial charge in [0.25, 0.3) is 5.79 Å². The standard InChI is InChI=1S/C34H43ClN2O12/c1-2-13-45-15-17-47-18-16-46-14-12-28(40)37-30-26(38)20-34(33(43)44,48-22-24-6-4-3-5-7-24)49-32(30)31(42)27(39)21-36-29(41)19-23-8-10-25(35)11-9-23/h1,3-11,26-27,30-32,38-39,42H,12-22H2,(H,36,41)(H,37,40)(H,43,44)/t26-,27+,30+,31+,32+,34+/m0/s1. The Labute approximate surface area is 289 Å². The maximum atomic E-state index is 12.9. The normalized spacial score (nSPS) is 21.7. The number of hydrogen-bond donors (Lipinski definition) is 6. The Hall–Kier alpha value is -3.62. The Morgan fingerprint density at radius 1 is 0.959 bits per heavy atom. The molecule has 0 unspecified atom stereocenters. The molecule has 2 aromatic carbocycles. The van der Waals surface area contributed by atoms with Crippen molar-refractivity contribution in [3.05, 3.63) is 70.7 Å². The van der Waals surface area contributed by atoms with E-state index in [1.807, 2.05) is 0 Å². The van der Waals surface area contributed by atoms with E-state index in [1.54, 1.807) is 54.6 Å². The van der Waals surface area contributed by atoms with Crippen LogP contribution in [0.2, 0.25) is 5.02 Å². The summed E-state index contributed by atoms with van der Waals surface area (Å²) in [5.41, 5.74) is 1.27. The number of carbonyl (C=O) groups excluding carboxylic acids is 2. The van der Waals surface area contributed by atoms with Gasteiger partial charge in [-0.1, -0.05) is 60.0 Å². The fourth-order valence-corrected chi connectivity index (χ4v) is 5.02. The molecule has 1 aliphatic heterocycles. The van der Waals surface area contributed by atoms with Gasteiger partial charge in [-0.2, -0.15) is 0 Å². The molecule has 49 heavy (non-hydrogen) atoms. The topological polar surface area (TPSA) is 202 Å². The van der Waals surface area contributed by atoms with Crippen LogP contribution in [0.3, 0.4) is 0 Å². The van der Waals surface area contributed by atoms with Crippen LogP contribution in [0.5, 0.6) is 0 Å². The van der Waals surface area contributed by atoms with E-state index in [1.165, 1.54) is 0 Å². The second-order valence-electron chi connectivity index (χ2n) is 11.2. The molecule has 14 nitrogen and oxygen atoms in total. The minimum atomic E-state index is -2.45. The Kier molecular flexibility index (Phi) is 16.9. The number of aliphatic hydroxyl groups excluding tert-OH is 3. The van der Waals surface area contributed by atoms with Gasteiger partial charge in [-0.25, -0.2) is 4.79 Å². The number of aliphatic carboxylic acids is 1. The highest BCUT2D eigenvalue weighted by atomic mass is 35.5. The minimum Gasteiger partial charge on any atom is -0.477 e. The van der Waals surface area contributed by atoms with Crippen LogP contribution in [0.15, 0.2) is 54.6 Å². The summed E-state index contributed by atoms with van der Waals surface area (Å²) in [6, 6.07) is 13.8. The van der Waals surface area contributed by atoms with Crippen molar-refractivity contribution in [2.24, 2.45) is 0 Å². The number of ether oxygens (including phenoxy) is 5. The monoisotopic (exact) mass is 706 g/mol. The summed E-state index contributed by atoms with van der Waals surface area (Å²) >= 11 is 5.89. The smallest absolute Gasteiger partial charge is 0.364 e. The highest BCUT2D eigenvalue weighted by Gasteiger charge is 2.55. The number of carbonyl (C=O) groups is 3. The Morgan fingerprint density at radius 2 is 1.61 bits per heavy atom. The highest BCUT2D eigenvalue weighted by Crippen LogP contribution is 2.34. The molecule has 2 aromatic rings. The molecule has 1 heterocycles. The summed E-state index contributed by atoms with van der Waals surface area (Å²) < 4.78 is 27.4. The van der Waals surface area contributed by atoms with Crippen LogP contribution in [0.1, 0.15) is 24.0 Å². The fourth-order valence-electron chi connectivity index (χ4n) is 4.89. The molecular formula is C34H43ClN2O12. The second kappa shape index (κ2) is 20.8. The average molecular weight is 707 g/mol. The van der Waals surface area contributed by atoms with Crippen molar-refractivity contribution >= 4 is 29.4 Å². The maximum absolute atomic E-state index is 12.9. The van der Waals surface area contributed by atoms with E-state index >= 15 is 0 Å². The molecule has 1 saturated heterocycles. The zero-order chi connectivity index (χ0) is 35.6. The summed E-state index contributed by atoms with van der Waals surface area (Å²) in [5.74, 6) is -2.78. The lowest BCUT2D eigenvalue weighted by Gasteiger charge is -2.46. The Morgan fingerprint density at radius 3 is 2.27 bits per heavy atom. The molecule has 0 bridgehead atoms. The Balaban J connectivity index is 1.64. The van der Waals surface area contributed by atoms with Crippen molar-refractivity contribution in [1.82, 2.24) is 10.6 Å². The molecule has 6 atom stereocenters. The van der Waals surface area contributed by atoms with Gasteiger partial charge in [-0.3, -0.25) is 9.59 Å². The molecule has 3 rings (SSSR count). The van der Waals surface area contributed by atoms with Gasteiger partial charge in [0, 0.05) is 24.4 Å². The number of benzene rings is 2. The molecule has 268 valence electrons. The fraction of sp³-hybridized carbons (Fsp3) is 0.500. The van der Waals surface area contributed by atoms with E-state index < -0.39 is 67.0 Å². The molecule has 1 aliphatic rings. The summed E-state index contributed by atoms with van der Waals surface area (Å²) in [6.07, 6.45) is -2.60. The number of amides is 2. The Bertz CT molecular complexity index is 1360. The van der Waals surface area contributed by atoms with Gasteiger partial charge in [0.2, 0.25) is 11.8 Å². The molecule has 2 amide bonds. The first-order valence-electron chi connectivity index (χ1n) is 15.6. The van der Waals surface area contributed by atoms with Crippen molar-refractivity contribution in [2.75, 3.05) is 46.2 Å². The van der Waals surface area contributed by atoms with E-state index in [2.05, 4.69) is 16.6 Å². The van der Waals surface area contributed by atoms with E-state index in [9.17, 15) is 34.8 Å². The van der Waals surface area contributed by atoms with Gasteiger partial charge in [-0.15, -0.1) is 6.42 Å². The van der Waals surface area contributed by atoms with Crippen molar-refractivity contribution in [1.29, 1.82) is 0 Å². The number of carboxylic acid groups (broad SMARTS) is 1. The summed E-state index contributed by atoms with van der Waals surface area (Å²) in [5, 5.41) is 49.0. The summed E-state index contributed by atoms with van der Waals surface area (Å²) in [7, 11) is 0. The number of nitrogens with one attached hydrogen (secondary N) is 2. The predicted octanol–water partition coefficient (Wildman–Crippen LogP) is 0.426. The average Bonchev–Trinajstić information content (AvgIpc) is 3.09. The summed E-state index contributed by atoms with van der Waals surface area (Å²) in [4.78, 5) is 37.9. The van der Waals surface area contributed by atoms with Gasteiger partial charge >= 0.3 is 5.97 Å². The first kappa shape index (κ1) is 39.8. The number of carboxylic acids is 1. The quantitative estimate of drug-likeness (QED) is 0.0773. The third-order valence-electron chi connectivity index (χ3n) is 7.46. The highest BCUT2D eigenvalue weighted by molar-refractivity contribution is 6.30. The molecule has 15 heteroatoms. The molecule has 0 aliphatic carbocycles. The number of aliphatic hydroxyl groups is 3. The van der Waals surface area contributed by atoms with Crippen LogP contribution in [-0.2, 0) is 51.1 Å². The van der Waals surface area contributed by atoms with Crippen LogP contribution in [0.25, 0.3) is 0 Å².